The lowest BCUT2D eigenvalue weighted by molar-refractivity contribution is -0.141. The molecule has 1 atom stereocenters. The van der Waals surface area contributed by atoms with Crippen molar-refractivity contribution in [2.45, 2.75) is 33.7 Å². The SMILES string of the molecule is COc1cc(C)nc(NC(=O)N[C@H](C(=O)O)C(C)(C)C)n1. The highest BCUT2D eigenvalue weighted by Gasteiger charge is 2.32. The van der Waals surface area contributed by atoms with Crippen LogP contribution in [-0.2, 0) is 4.79 Å². The number of carbonyl (C=O) groups is 2. The molecule has 0 saturated carbocycles. The van der Waals surface area contributed by atoms with Crippen molar-refractivity contribution in [1.82, 2.24) is 15.3 Å². The fraction of sp³-hybridized carbons (Fsp3) is 0.538. The summed E-state index contributed by atoms with van der Waals surface area (Å²) in [6.07, 6.45) is 0. The zero-order valence-electron chi connectivity index (χ0n) is 12.7. The Labute approximate surface area is 122 Å². The van der Waals surface area contributed by atoms with Crippen LogP contribution in [0.2, 0.25) is 0 Å². The second-order valence-electron chi connectivity index (χ2n) is 5.61. The molecule has 0 aliphatic rings. The van der Waals surface area contributed by atoms with Crippen LogP contribution < -0.4 is 15.4 Å². The number of carboxylic acid groups (broad SMARTS) is 1. The van der Waals surface area contributed by atoms with Gasteiger partial charge in [0, 0.05) is 11.8 Å². The molecule has 0 fully saturated rings. The first-order valence-electron chi connectivity index (χ1n) is 6.33. The normalized spacial score (nSPS) is 12.4. The average Bonchev–Trinajstić information content (AvgIpc) is 2.33. The summed E-state index contributed by atoms with van der Waals surface area (Å²) in [4.78, 5) is 31.1. The summed E-state index contributed by atoms with van der Waals surface area (Å²) in [7, 11) is 1.45. The number of carboxylic acids is 1. The van der Waals surface area contributed by atoms with E-state index in [1.807, 2.05) is 0 Å². The number of aryl methyl sites for hydroxylation is 1. The molecule has 0 spiro atoms. The predicted molar refractivity (Wildman–Crippen MR) is 76.4 cm³/mol. The molecule has 0 saturated heterocycles. The van der Waals surface area contributed by atoms with Crippen molar-refractivity contribution < 1.29 is 19.4 Å². The highest BCUT2D eigenvalue weighted by atomic mass is 16.5. The second kappa shape index (κ2) is 6.38. The highest BCUT2D eigenvalue weighted by molar-refractivity contribution is 5.91. The molecule has 1 aromatic rings. The minimum Gasteiger partial charge on any atom is -0.481 e. The van der Waals surface area contributed by atoms with Crippen LogP contribution in [0.15, 0.2) is 6.07 Å². The van der Waals surface area contributed by atoms with Gasteiger partial charge in [-0.15, -0.1) is 0 Å². The van der Waals surface area contributed by atoms with Crippen molar-refractivity contribution >= 4 is 17.9 Å². The predicted octanol–water partition coefficient (Wildman–Crippen LogP) is 1.41. The van der Waals surface area contributed by atoms with Crippen molar-refractivity contribution in [3.05, 3.63) is 11.8 Å². The lowest BCUT2D eigenvalue weighted by Crippen LogP contribution is -2.50. The van der Waals surface area contributed by atoms with Crippen molar-refractivity contribution in [3.63, 3.8) is 0 Å². The molecule has 1 heterocycles. The maximum Gasteiger partial charge on any atom is 0.326 e. The van der Waals surface area contributed by atoms with Crippen LogP contribution in [0, 0.1) is 12.3 Å². The molecule has 3 N–H and O–H groups in total. The Morgan fingerprint density at radius 2 is 1.95 bits per heavy atom. The molecule has 0 aromatic carbocycles. The van der Waals surface area contributed by atoms with E-state index in [2.05, 4.69) is 20.6 Å². The van der Waals surface area contributed by atoms with Crippen LogP contribution in [0.25, 0.3) is 0 Å². The van der Waals surface area contributed by atoms with Gasteiger partial charge in [-0.05, 0) is 12.3 Å². The lowest BCUT2D eigenvalue weighted by atomic mass is 9.87. The smallest absolute Gasteiger partial charge is 0.326 e. The van der Waals surface area contributed by atoms with E-state index in [0.29, 0.717) is 11.6 Å². The summed E-state index contributed by atoms with van der Waals surface area (Å²) in [5.74, 6) is -0.758. The van der Waals surface area contributed by atoms with Crippen LogP contribution >= 0.6 is 0 Å². The van der Waals surface area contributed by atoms with Crippen LogP contribution in [0.3, 0.4) is 0 Å². The summed E-state index contributed by atoms with van der Waals surface area (Å²) in [6.45, 7) is 6.89. The summed E-state index contributed by atoms with van der Waals surface area (Å²) in [5.41, 5.74) is -0.0170. The molecule has 2 amide bonds. The number of aromatic nitrogens is 2. The van der Waals surface area contributed by atoms with Crippen molar-refractivity contribution in [2.24, 2.45) is 5.41 Å². The van der Waals surface area contributed by atoms with Gasteiger partial charge < -0.3 is 15.2 Å². The standard InChI is InChI=1S/C13H20N4O4/c1-7-6-8(21-5)15-11(14-7)17-12(20)16-9(10(18)19)13(2,3)4/h6,9H,1-5H3,(H,18,19)(H2,14,15,16,17,20)/t9-/m1/s1. The largest absolute Gasteiger partial charge is 0.481 e. The first kappa shape index (κ1) is 16.7. The maximum atomic E-state index is 11.9. The molecule has 0 unspecified atom stereocenters. The molecule has 0 aliphatic heterocycles. The number of anilines is 1. The van der Waals surface area contributed by atoms with E-state index >= 15 is 0 Å². The Morgan fingerprint density at radius 3 is 2.43 bits per heavy atom. The molecule has 21 heavy (non-hydrogen) atoms. The molecule has 0 aliphatic carbocycles. The fourth-order valence-electron chi connectivity index (χ4n) is 1.62. The third kappa shape index (κ3) is 4.90. The quantitative estimate of drug-likeness (QED) is 0.774. The zero-order valence-corrected chi connectivity index (χ0v) is 12.7. The van der Waals surface area contributed by atoms with Crippen LogP contribution in [0.1, 0.15) is 26.5 Å². The van der Waals surface area contributed by atoms with Gasteiger partial charge in [0.05, 0.1) is 7.11 Å². The number of hydrogen-bond donors (Lipinski definition) is 3. The van der Waals surface area contributed by atoms with Gasteiger partial charge in [-0.2, -0.15) is 4.98 Å². The number of ether oxygens (including phenoxy) is 1. The molecule has 0 radical (unpaired) electrons. The summed E-state index contributed by atoms with van der Waals surface area (Å²) in [5, 5.41) is 13.9. The van der Waals surface area contributed by atoms with Gasteiger partial charge in [-0.1, -0.05) is 20.8 Å². The van der Waals surface area contributed by atoms with Gasteiger partial charge >= 0.3 is 12.0 Å². The molecule has 116 valence electrons. The second-order valence-corrected chi connectivity index (χ2v) is 5.61. The number of nitrogens with zero attached hydrogens (tertiary/aromatic N) is 2. The number of hydrogen-bond acceptors (Lipinski definition) is 5. The van der Waals surface area contributed by atoms with Gasteiger partial charge in [-0.25, -0.2) is 14.6 Å². The minimum absolute atomic E-state index is 0.0439. The van der Waals surface area contributed by atoms with E-state index < -0.39 is 23.5 Å². The number of rotatable bonds is 4. The van der Waals surface area contributed by atoms with E-state index in [1.165, 1.54) is 7.11 Å². The van der Waals surface area contributed by atoms with Gasteiger partial charge in [0.25, 0.3) is 0 Å². The van der Waals surface area contributed by atoms with Crippen LogP contribution in [0.5, 0.6) is 5.88 Å². The van der Waals surface area contributed by atoms with Gasteiger partial charge in [0.15, 0.2) is 0 Å². The molecular formula is C13H20N4O4. The van der Waals surface area contributed by atoms with E-state index in [0.717, 1.165) is 0 Å². The maximum absolute atomic E-state index is 11.9. The first-order chi connectivity index (χ1) is 9.63. The number of amides is 2. The van der Waals surface area contributed by atoms with E-state index in [9.17, 15) is 9.59 Å². The number of methoxy groups -OCH3 is 1. The molecular weight excluding hydrogens is 276 g/mol. The Morgan fingerprint density at radius 1 is 1.33 bits per heavy atom. The summed E-state index contributed by atoms with van der Waals surface area (Å²) in [6, 6.07) is -0.118. The van der Waals surface area contributed by atoms with E-state index in [4.69, 9.17) is 9.84 Å². The molecule has 1 aromatic heterocycles. The van der Waals surface area contributed by atoms with Crippen molar-refractivity contribution in [3.8, 4) is 5.88 Å². The Balaban J connectivity index is 2.82. The number of carbonyl (C=O) groups excluding carboxylic acids is 1. The van der Waals surface area contributed by atoms with Gasteiger partial charge in [0.1, 0.15) is 6.04 Å². The number of nitrogens with one attached hydrogen (secondary N) is 2. The van der Waals surface area contributed by atoms with E-state index in [-0.39, 0.29) is 5.95 Å². The monoisotopic (exact) mass is 296 g/mol. The Kier molecular flexibility index (Phi) is 5.07. The minimum atomic E-state index is -1.11. The number of urea groups is 1. The first-order valence-corrected chi connectivity index (χ1v) is 6.33. The highest BCUT2D eigenvalue weighted by Crippen LogP contribution is 2.19. The van der Waals surface area contributed by atoms with Gasteiger partial charge in [-0.3, -0.25) is 5.32 Å². The lowest BCUT2D eigenvalue weighted by Gasteiger charge is -2.27. The third-order valence-corrected chi connectivity index (χ3v) is 2.65. The fourth-order valence-corrected chi connectivity index (χ4v) is 1.62. The Bertz CT molecular complexity index is 539. The summed E-state index contributed by atoms with van der Waals surface area (Å²) >= 11 is 0. The van der Waals surface area contributed by atoms with Crippen molar-refractivity contribution in [2.75, 3.05) is 12.4 Å². The van der Waals surface area contributed by atoms with E-state index in [1.54, 1.807) is 33.8 Å². The number of aliphatic carboxylic acids is 1. The van der Waals surface area contributed by atoms with Gasteiger partial charge in [0.2, 0.25) is 11.8 Å². The average molecular weight is 296 g/mol. The molecule has 1 rings (SSSR count). The Hall–Kier alpha value is -2.38. The third-order valence-electron chi connectivity index (χ3n) is 2.65. The molecule has 8 heteroatoms. The zero-order chi connectivity index (χ0) is 16.2. The molecule has 0 bridgehead atoms. The van der Waals surface area contributed by atoms with Crippen LogP contribution in [0.4, 0.5) is 10.7 Å². The molecule has 8 nitrogen and oxygen atoms in total. The van der Waals surface area contributed by atoms with Crippen LogP contribution in [-0.4, -0.2) is 40.2 Å². The summed E-state index contributed by atoms with van der Waals surface area (Å²) < 4.78 is 4.97. The van der Waals surface area contributed by atoms with Crippen molar-refractivity contribution in [1.29, 1.82) is 0 Å². The topological polar surface area (TPSA) is 113 Å².